The van der Waals surface area contributed by atoms with E-state index in [-0.39, 0.29) is 11.5 Å². The number of hydrogen-bond acceptors (Lipinski definition) is 3. The van der Waals surface area contributed by atoms with Crippen LogP contribution < -0.4 is 5.32 Å². The van der Waals surface area contributed by atoms with Crippen LogP contribution in [0.4, 0.5) is 0 Å². The van der Waals surface area contributed by atoms with Crippen LogP contribution in [0.5, 0.6) is 0 Å². The highest BCUT2D eigenvalue weighted by Crippen LogP contribution is 2.22. The molecule has 0 unspecified atom stereocenters. The van der Waals surface area contributed by atoms with E-state index in [0.717, 1.165) is 5.56 Å². The average Bonchev–Trinajstić information content (AvgIpc) is 2.29. The molecule has 0 amide bonds. The van der Waals surface area contributed by atoms with Gasteiger partial charge < -0.3 is 5.32 Å². The van der Waals surface area contributed by atoms with Gasteiger partial charge >= 0.3 is 0 Å². The maximum Gasteiger partial charge on any atom is 0.151 e. The van der Waals surface area contributed by atoms with Crippen molar-refractivity contribution in [3.05, 3.63) is 33.8 Å². The summed E-state index contributed by atoms with van der Waals surface area (Å²) in [6.07, 6.45) is 0. The maximum atomic E-state index is 11.2. The smallest absolute Gasteiger partial charge is 0.151 e. The number of rotatable bonds is 6. The van der Waals surface area contributed by atoms with E-state index in [9.17, 15) is 8.42 Å². The van der Waals surface area contributed by atoms with Gasteiger partial charge in [0, 0.05) is 18.8 Å². The Morgan fingerprint density at radius 1 is 1.24 bits per heavy atom. The molecule has 0 aliphatic carbocycles. The Bertz CT molecular complexity index is 474. The first-order chi connectivity index (χ1) is 7.94. The number of hydrogen-bond donors (Lipinski definition) is 1. The average molecular weight is 296 g/mol. The number of benzene rings is 1. The molecule has 1 aromatic rings. The summed E-state index contributed by atoms with van der Waals surface area (Å²) in [4.78, 5) is 0. The predicted octanol–water partition coefficient (Wildman–Crippen LogP) is 2.52. The predicted molar refractivity (Wildman–Crippen MR) is 72.5 cm³/mol. The lowest BCUT2D eigenvalue weighted by Crippen LogP contribution is -2.23. The van der Waals surface area contributed by atoms with Crippen molar-refractivity contribution in [2.24, 2.45) is 0 Å². The third kappa shape index (κ3) is 5.25. The van der Waals surface area contributed by atoms with E-state index >= 15 is 0 Å². The van der Waals surface area contributed by atoms with Crippen LogP contribution >= 0.6 is 23.2 Å². The van der Waals surface area contributed by atoms with Crippen LogP contribution in [0, 0.1) is 0 Å². The van der Waals surface area contributed by atoms with Crippen LogP contribution in [-0.4, -0.2) is 26.5 Å². The quantitative estimate of drug-likeness (QED) is 0.821. The summed E-state index contributed by atoms with van der Waals surface area (Å²) in [5.74, 6) is 0.340. The van der Waals surface area contributed by atoms with Crippen molar-refractivity contribution < 1.29 is 8.42 Å². The third-order valence-corrected chi connectivity index (χ3v) is 4.79. The molecule has 0 radical (unpaired) electrons. The molecule has 3 nitrogen and oxygen atoms in total. The summed E-state index contributed by atoms with van der Waals surface area (Å²) in [5.41, 5.74) is 0.980. The minimum Gasteiger partial charge on any atom is -0.312 e. The molecule has 0 atom stereocenters. The Balaban J connectivity index is 2.39. The molecule has 0 heterocycles. The molecular weight excluding hydrogens is 281 g/mol. The monoisotopic (exact) mass is 295 g/mol. The van der Waals surface area contributed by atoms with E-state index in [4.69, 9.17) is 23.2 Å². The maximum absolute atomic E-state index is 11.2. The van der Waals surface area contributed by atoms with Crippen molar-refractivity contribution in [2.75, 3.05) is 18.1 Å². The fourth-order valence-corrected chi connectivity index (χ4v) is 2.32. The standard InChI is InChI=1S/C11H15Cl2NO2S/c1-2-17(15,16)6-5-14-8-9-3-4-10(12)11(13)7-9/h3-4,7,14H,2,5-6,8H2,1H3. The topological polar surface area (TPSA) is 46.2 Å². The zero-order valence-electron chi connectivity index (χ0n) is 9.54. The molecular formula is C11H15Cl2NO2S. The van der Waals surface area contributed by atoms with Gasteiger partial charge in [-0.3, -0.25) is 0 Å². The Morgan fingerprint density at radius 2 is 1.94 bits per heavy atom. The highest BCUT2D eigenvalue weighted by Gasteiger charge is 2.06. The highest BCUT2D eigenvalue weighted by atomic mass is 35.5. The van der Waals surface area contributed by atoms with Gasteiger partial charge in [-0.15, -0.1) is 0 Å². The molecule has 0 saturated heterocycles. The zero-order chi connectivity index (χ0) is 12.9. The van der Waals surface area contributed by atoms with Gasteiger partial charge in [0.1, 0.15) is 0 Å². The number of sulfone groups is 1. The van der Waals surface area contributed by atoms with E-state index < -0.39 is 9.84 Å². The van der Waals surface area contributed by atoms with Crippen molar-refractivity contribution >= 4 is 33.0 Å². The molecule has 17 heavy (non-hydrogen) atoms. The van der Waals surface area contributed by atoms with E-state index in [0.29, 0.717) is 23.1 Å². The molecule has 1 aromatic carbocycles. The molecule has 0 spiro atoms. The fourth-order valence-electron chi connectivity index (χ4n) is 1.25. The molecule has 0 aliphatic rings. The van der Waals surface area contributed by atoms with Gasteiger partial charge in [0.15, 0.2) is 9.84 Å². The van der Waals surface area contributed by atoms with E-state index in [1.54, 1.807) is 19.1 Å². The SMILES string of the molecule is CCS(=O)(=O)CCNCc1ccc(Cl)c(Cl)c1. The third-order valence-electron chi connectivity index (χ3n) is 2.34. The summed E-state index contributed by atoms with van der Waals surface area (Å²) in [5, 5.41) is 4.08. The molecule has 0 bridgehead atoms. The van der Waals surface area contributed by atoms with Gasteiger partial charge in [0.25, 0.3) is 0 Å². The molecule has 6 heteroatoms. The van der Waals surface area contributed by atoms with Crippen LogP contribution in [0.2, 0.25) is 10.0 Å². The van der Waals surface area contributed by atoms with Crippen molar-refractivity contribution in [1.29, 1.82) is 0 Å². The van der Waals surface area contributed by atoms with Crippen LogP contribution in [0.15, 0.2) is 18.2 Å². The molecule has 1 rings (SSSR count). The molecule has 96 valence electrons. The van der Waals surface area contributed by atoms with Crippen molar-refractivity contribution in [3.63, 3.8) is 0 Å². The van der Waals surface area contributed by atoms with Gasteiger partial charge in [0.2, 0.25) is 0 Å². The van der Waals surface area contributed by atoms with Crippen LogP contribution in [0.3, 0.4) is 0 Å². The minimum atomic E-state index is -2.90. The molecule has 0 aromatic heterocycles. The van der Waals surface area contributed by atoms with Crippen LogP contribution in [0.1, 0.15) is 12.5 Å². The first-order valence-electron chi connectivity index (χ1n) is 5.29. The first kappa shape index (κ1) is 14.8. The van der Waals surface area contributed by atoms with Gasteiger partial charge in [-0.2, -0.15) is 0 Å². The highest BCUT2D eigenvalue weighted by molar-refractivity contribution is 7.91. The van der Waals surface area contributed by atoms with E-state index in [1.807, 2.05) is 6.07 Å². The second-order valence-electron chi connectivity index (χ2n) is 3.66. The molecule has 0 saturated carbocycles. The van der Waals surface area contributed by atoms with Gasteiger partial charge in [-0.25, -0.2) is 8.42 Å². The number of halogens is 2. The van der Waals surface area contributed by atoms with Crippen molar-refractivity contribution in [2.45, 2.75) is 13.5 Å². The molecule has 1 N–H and O–H groups in total. The Kier molecular flexibility index (Phi) is 5.73. The largest absolute Gasteiger partial charge is 0.312 e. The van der Waals surface area contributed by atoms with Crippen molar-refractivity contribution in [1.82, 2.24) is 5.32 Å². The normalized spacial score (nSPS) is 11.7. The summed E-state index contributed by atoms with van der Waals surface area (Å²) in [7, 11) is -2.90. The number of nitrogens with one attached hydrogen (secondary N) is 1. The summed E-state index contributed by atoms with van der Waals surface area (Å²) < 4.78 is 22.5. The summed E-state index contributed by atoms with van der Waals surface area (Å²) in [6, 6.07) is 5.35. The van der Waals surface area contributed by atoms with Gasteiger partial charge in [-0.1, -0.05) is 36.2 Å². The van der Waals surface area contributed by atoms with Gasteiger partial charge in [-0.05, 0) is 17.7 Å². The summed E-state index contributed by atoms with van der Waals surface area (Å²) >= 11 is 11.7. The summed E-state index contributed by atoms with van der Waals surface area (Å²) in [6.45, 7) is 2.67. The van der Waals surface area contributed by atoms with Crippen LogP contribution in [-0.2, 0) is 16.4 Å². The molecule has 0 fully saturated rings. The second-order valence-corrected chi connectivity index (χ2v) is 6.95. The fraction of sp³-hybridized carbons (Fsp3) is 0.455. The second kappa shape index (κ2) is 6.59. The zero-order valence-corrected chi connectivity index (χ0v) is 11.9. The first-order valence-corrected chi connectivity index (χ1v) is 7.87. The van der Waals surface area contributed by atoms with E-state index in [2.05, 4.69) is 5.32 Å². The van der Waals surface area contributed by atoms with Gasteiger partial charge in [0.05, 0.1) is 15.8 Å². The Hall–Kier alpha value is -0.290. The molecule has 0 aliphatic heterocycles. The van der Waals surface area contributed by atoms with E-state index in [1.165, 1.54) is 0 Å². The van der Waals surface area contributed by atoms with Crippen LogP contribution in [0.25, 0.3) is 0 Å². The lowest BCUT2D eigenvalue weighted by Gasteiger charge is -2.06. The Labute approximate surface area is 112 Å². The lowest BCUT2D eigenvalue weighted by atomic mass is 10.2. The lowest BCUT2D eigenvalue weighted by molar-refractivity contribution is 0.592. The Morgan fingerprint density at radius 3 is 2.53 bits per heavy atom. The minimum absolute atomic E-state index is 0.158. The van der Waals surface area contributed by atoms with Crippen molar-refractivity contribution in [3.8, 4) is 0 Å².